The summed E-state index contributed by atoms with van der Waals surface area (Å²) in [5.74, 6) is -5.41. The van der Waals surface area contributed by atoms with Gasteiger partial charge in [-0.2, -0.15) is 0 Å². The first kappa shape index (κ1) is 30.0. The lowest BCUT2D eigenvalue weighted by molar-refractivity contribution is -0.155. The lowest BCUT2D eigenvalue weighted by Crippen LogP contribution is -2.65. The Hall–Kier alpha value is -4.53. The van der Waals surface area contributed by atoms with Crippen molar-refractivity contribution in [2.45, 2.75) is 51.6 Å². The molecule has 40 heavy (non-hydrogen) atoms. The van der Waals surface area contributed by atoms with Crippen LogP contribution in [0, 0.1) is 13.8 Å². The number of aliphatic carboxylic acids is 1. The molecule has 0 aliphatic carbocycles. The van der Waals surface area contributed by atoms with E-state index >= 15 is 0 Å². The highest BCUT2D eigenvalue weighted by atomic mass is 16.5. The fourth-order valence-corrected chi connectivity index (χ4v) is 4.54. The van der Waals surface area contributed by atoms with Crippen molar-refractivity contribution in [3.63, 3.8) is 0 Å². The number of carbonyl (C=O) groups excluding carboxylic acids is 6. The molecule has 2 saturated heterocycles. The zero-order valence-corrected chi connectivity index (χ0v) is 22.0. The van der Waals surface area contributed by atoms with Crippen LogP contribution in [0.1, 0.15) is 47.2 Å². The van der Waals surface area contributed by atoms with E-state index in [1.807, 2.05) is 0 Å². The molecule has 15 nitrogen and oxygen atoms in total. The van der Waals surface area contributed by atoms with Crippen molar-refractivity contribution in [1.82, 2.24) is 25.8 Å². The predicted molar refractivity (Wildman–Crippen MR) is 134 cm³/mol. The van der Waals surface area contributed by atoms with Gasteiger partial charge in [0.15, 0.2) is 12.4 Å². The van der Waals surface area contributed by atoms with E-state index < -0.39 is 73.2 Å². The molecule has 2 heterocycles. The average molecular weight is 562 g/mol. The second-order valence-electron chi connectivity index (χ2n) is 9.37. The highest BCUT2D eigenvalue weighted by molar-refractivity contribution is 5.98. The van der Waals surface area contributed by atoms with Crippen molar-refractivity contribution in [2.75, 3.05) is 26.3 Å². The molecule has 0 aromatic heterocycles. The molecule has 5 amide bonds. The van der Waals surface area contributed by atoms with Gasteiger partial charge < -0.3 is 20.3 Å². The van der Waals surface area contributed by atoms with E-state index in [9.17, 15) is 38.7 Å². The van der Waals surface area contributed by atoms with Gasteiger partial charge in [-0.05, 0) is 37.8 Å². The Morgan fingerprint density at radius 1 is 1.10 bits per heavy atom. The number of hydrazine groups is 2. The number of hydrogen-bond donors (Lipinski definition) is 4. The minimum absolute atomic E-state index is 0.0681. The van der Waals surface area contributed by atoms with Gasteiger partial charge in [0.05, 0.1) is 18.5 Å². The monoisotopic (exact) mass is 561 g/mol. The normalized spacial score (nSPS) is 17.9. The Labute approximate surface area is 229 Å². The lowest BCUT2D eigenvalue weighted by Gasteiger charge is -2.43. The summed E-state index contributed by atoms with van der Waals surface area (Å²) in [6, 6.07) is 1.29. The Morgan fingerprint density at radius 2 is 1.77 bits per heavy atom. The van der Waals surface area contributed by atoms with Crippen LogP contribution in [0.4, 0.5) is 4.79 Å². The molecule has 0 spiro atoms. The number of rotatable bonds is 10. The minimum Gasteiger partial charge on any atom is -0.481 e. The Morgan fingerprint density at radius 3 is 2.40 bits per heavy atom. The quantitative estimate of drug-likeness (QED) is 0.258. The van der Waals surface area contributed by atoms with Crippen LogP contribution in [0.15, 0.2) is 18.2 Å². The highest BCUT2D eigenvalue weighted by Crippen LogP contribution is 2.24. The number of nitrogens with zero attached hydrogens (tertiary/aromatic N) is 3. The van der Waals surface area contributed by atoms with Crippen LogP contribution in [0.3, 0.4) is 0 Å². The molecule has 2 unspecified atom stereocenters. The maximum atomic E-state index is 13.3. The molecule has 0 bridgehead atoms. The molecule has 2 aliphatic rings. The standard InChI is InChI=1S/C25H31N5O10/c1-14-5-3-6-15(2)22(14)24(38)40-13-18(32)16(11-21(35)36)26-23(37)17-7-4-9-29-20(34)8-10-28(25(39)30(17)29)27-19(33)12-31/h3,5-6,16-17,31H,4,7-13H2,1-2H3,(H,26,37)(H,27,33)(H,35,36). The molecule has 15 heteroatoms. The summed E-state index contributed by atoms with van der Waals surface area (Å²) in [6.07, 6.45) is -0.609. The van der Waals surface area contributed by atoms with Crippen molar-refractivity contribution in [2.24, 2.45) is 0 Å². The van der Waals surface area contributed by atoms with Gasteiger partial charge in [-0.1, -0.05) is 18.2 Å². The van der Waals surface area contributed by atoms with Crippen LogP contribution >= 0.6 is 0 Å². The fraction of sp³-hybridized carbons (Fsp3) is 0.480. The van der Waals surface area contributed by atoms with Gasteiger partial charge in [0, 0.05) is 13.0 Å². The third-order valence-electron chi connectivity index (χ3n) is 6.49. The van der Waals surface area contributed by atoms with Crippen LogP contribution < -0.4 is 10.7 Å². The number of ketones is 1. The van der Waals surface area contributed by atoms with Crippen molar-refractivity contribution in [3.05, 3.63) is 34.9 Å². The molecule has 1 aromatic carbocycles. The van der Waals surface area contributed by atoms with Gasteiger partial charge in [-0.25, -0.2) is 24.6 Å². The maximum absolute atomic E-state index is 13.3. The molecule has 3 rings (SSSR count). The zero-order chi connectivity index (χ0) is 29.6. The first-order valence-electron chi connectivity index (χ1n) is 12.5. The molecule has 0 radical (unpaired) electrons. The summed E-state index contributed by atoms with van der Waals surface area (Å²) in [5.41, 5.74) is 3.67. The second kappa shape index (κ2) is 13.0. The van der Waals surface area contributed by atoms with E-state index in [0.717, 1.165) is 15.0 Å². The second-order valence-corrected chi connectivity index (χ2v) is 9.37. The Balaban J connectivity index is 1.76. The number of nitrogens with one attached hydrogen (secondary N) is 2. The number of Topliss-reactive ketones (excluding diaryl/α,β-unsaturated/α-hetero) is 1. The molecule has 1 aromatic rings. The number of hydrogen-bond acceptors (Lipinski definition) is 9. The average Bonchev–Trinajstić information content (AvgIpc) is 3.02. The summed E-state index contributed by atoms with van der Waals surface area (Å²) in [5, 5.41) is 23.4. The number of carboxylic acid groups (broad SMARTS) is 1. The summed E-state index contributed by atoms with van der Waals surface area (Å²) in [7, 11) is 0. The Kier molecular flexibility index (Phi) is 9.77. The largest absolute Gasteiger partial charge is 0.481 e. The fourth-order valence-electron chi connectivity index (χ4n) is 4.54. The van der Waals surface area contributed by atoms with Crippen LogP contribution in [-0.2, 0) is 28.7 Å². The Bertz CT molecular complexity index is 1200. The molecule has 0 saturated carbocycles. The third kappa shape index (κ3) is 6.91. The number of benzene rings is 1. The molecule has 216 valence electrons. The SMILES string of the molecule is Cc1cccc(C)c1C(=O)OCC(=O)C(CC(=O)O)NC(=O)C1CCCN2C(=O)CCN(NC(=O)CO)C(=O)N12. The van der Waals surface area contributed by atoms with Gasteiger partial charge in [0.1, 0.15) is 18.7 Å². The highest BCUT2D eigenvalue weighted by Gasteiger charge is 2.44. The van der Waals surface area contributed by atoms with E-state index in [0.29, 0.717) is 17.5 Å². The van der Waals surface area contributed by atoms with E-state index in [2.05, 4.69) is 10.7 Å². The maximum Gasteiger partial charge on any atom is 0.358 e. The van der Waals surface area contributed by atoms with E-state index in [1.54, 1.807) is 32.0 Å². The van der Waals surface area contributed by atoms with Crippen molar-refractivity contribution >= 4 is 41.5 Å². The van der Waals surface area contributed by atoms with Gasteiger partial charge in [0.2, 0.25) is 11.8 Å². The first-order valence-corrected chi connectivity index (χ1v) is 12.5. The van der Waals surface area contributed by atoms with Crippen molar-refractivity contribution in [3.8, 4) is 0 Å². The topological polar surface area (TPSA) is 203 Å². The van der Waals surface area contributed by atoms with Gasteiger partial charge >= 0.3 is 18.0 Å². The lowest BCUT2D eigenvalue weighted by atomic mass is 10.0. The number of aliphatic hydroxyl groups is 1. The van der Waals surface area contributed by atoms with Gasteiger partial charge in [-0.15, -0.1) is 0 Å². The molecule has 2 aliphatic heterocycles. The molecular formula is C25H31N5O10. The molecule has 2 fully saturated rings. The smallest absolute Gasteiger partial charge is 0.358 e. The first-order chi connectivity index (χ1) is 18.9. The molecule has 4 N–H and O–H groups in total. The number of ether oxygens (including phenoxy) is 1. The number of esters is 1. The van der Waals surface area contributed by atoms with E-state index in [4.69, 9.17) is 9.84 Å². The van der Waals surface area contributed by atoms with Crippen molar-refractivity contribution < 1.29 is 48.5 Å². The number of aryl methyl sites for hydroxylation is 2. The number of amides is 5. The van der Waals surface area contributed by atoms with Crippen molar-refractivity contribution in [1.29, 1.82) is 0 Å². The molecule has 2 atom stereocenters. The van der Waals surface area contributed by atoms with Crippen LogP contribution in [0.25, 0.3) is 0 Å². The van der Waals surface area contributed by atoms with E-state index in [1.165, 1.54) is 0 Å². The predicted octanol–water partition coefficient (Wildman–Crippen LogP) is -0.954. The summed E-state index contributed by atoms with van der Waals surface area (Å²) < 4.78 is 5.12. The van der Waals surface area contributed by atoms with E-state index in [-0.39, 0.29) is 31.5 Å². The molecular weight excluding hydrogens is 530 g/mol. The number of aliphatic hydroxyl groups excluding tert-OH is 1. The van der Waals surface area contributed by atoms with Gasteiger partial charge in [0.25, 0.3) is 5.91 Å². The number of carboxylic acids is 1. The summed E-state index contributed by atoms with van der Waals surface area (Å²) >= 11 is 0. The number of carbonyl (C=O) groups is 7. The zero-order valence-electron chi connectivity index (χ0n) is 22.0. The van der Waals surface area contributed by atoms with Crippen LogP contribution in [-0.4, -0.2) is 105 Å². The minimum atomic E-state index is -1.60. The van der Waals surface area contributed by atoms with Crippen LogP contribution in [0.2, 0.25) is 0 Å². The number of urea groups is 1. The van der Waals surface area contributed by atoms with Crippen LogP contribution in [0.5, 0.6) is 0 Å². The third-order valence-corrected chi connectivity index (χ3v) is 6.49. The van der Waals surface area contributed by atoms with Gasteiger partial charge in [-0.3, -0.25) is 29.4 Å². The number of fused-ring (bicyclic) bond motifs is 1. The summed E-state index contributed by atoms with van der Waals surface area (Å²) in [6.45, 7) is 1.55. The summed E-state index contributed by atoms with van der Waals surface area (Å²) in [4.78, 5) is 87.8.